The van der Waals surface area contributed by atoms with Gasteiger partial charge in [-0.05, 0) is 63.2 Å². The van der Waals surface area contributed by atoms with E-state index in [1.165, 1.54) is 18.5 Å². The van der Waals surface area contributed by atoms with Gasteiger partial charge in [-0.3, -0.25) is 9.59 Å². The maximum atomic E-state index is 12.5. The van der Waals surface area contributed by atoms with Crippen molar-refractivity contribution in [1.29, 1.82) is 0 Å². The molecule has 1 atom stereocenters. The van der Waals surface area contributed by atoms with Gasteiger partial charge in [-0.1, -0.05) is 13.8 Å². The fourth-order valence-corrected chi connectivity index (χ4v) is 4.15. The van der Waals surface area contributed by atoms with E-state index in [4.69, 9.17) is 0 Å². The van der Waals surface area contributed by atoms with Crippen LogP contribution in [0.25, 0.3) is 0 Å². The Labute approximate surface area is 168 Å². The number of anilines is 2. The molecular formula is C22H34N4O2. The summed E-state index contributed by atoms with van der Waals surface area (Å²) in [5.41, 5.74) is 2.11. The summed E-state index contributed by atoms with van der Waals surface area (Å²) in [6.07, 6.45) is 3.74. The first-order valence-electron chi connectivity index (χ1n) is 10.8. The highest BCUT2D eigenvalue weighted by atomic mass is 16.2. The Morgan fingerprint density at radius 1 is 1.11 bits per heavy atom. The molecular weight excluding hydrogens is 352 g/mol. The van der Waals surface area contributed by atoms with Gasteiger partial charge in [0.15, 0.2) is 0 Å². The third kappa shape index (κ3) is 5.04. The van der Waals surface area contributed by atoms with Gasteiger partial charge in [-0.2, -0.15) is 0 Å². The number of carbonyl (C=O) groups is 2. The van der Waals surface area contributed by atoms with Crippen molar-refractivity contribution in [3.05, 3.63) is 24.3 Å². The second-order valence-electron chi connectivity index (χ2n) is 7.79. The first-order chi connectivity index (χ1) is 13.6. The van der Waals surface area contributed by atoms with Crippen LogP contribution in [0.5, 0.6) is 0 Å². The Hall–Kier alpha value is -2.08. The molecule has 2 aliphatic rings. The zero-order valence-electron chi connectivity index (χ0n) is 17.3. The van der Waals surface area contributed by atoms with Crippen molar-refractivity contribution >= 4 is 23.2 Å². The Kier molecular flexibility index (Phi) is 7.31. The summed E-state index contributed by atoms with van der Waals surface area (Å²) in [4.78, 5) is 31.4. The van der Waals surface area contributed by atoms with Crippen LogP contribution in [0, 0.1) is 5.92 Å². The van der Waals surface area contributed by atoms with Gasteiger partial charge in [0.25, 0.3) is 0 Å². The molecule has 3 rings (SSSR count). The van der Waals surface area contributed by atoms with Crippen molar-refractivity contribution < 1.29 is 9.59 Å². The maximum absolute atomic E-state index is 12.5. The first-order valence-corrected chi connectivity index (χ1v) is 10.8. The van der Waals surface area contributed by atoms with Crippen LogP contribution < -0.4 is 15.1 Å². The summed E-state index contributed by atoms with van der Waals surface area (Å²) in [5.74, 6) is -0.208. The van der Waals surface area contributed by atoms with E-state index in [1.54, 1.807) is 4.90 Å². The number of rotatable bonds is 9. The lowest BCUT2D eigenvalue weighted by Crippen LogP contribution is -2.35. The number of benzene rings is 1. The van der Waals surface area contributed by atoms with Crippen molar-refractivity contribution in [3.63, 3.8) is 0 Å². The third-order valence-electron chi connectivity index (χ3n) is 5.97. The van der Waals surface area contributed by atoms with E-state index in [1.807, 2.05) is 12.1 Å². The van der Waals surface area contributed by atoms with Gasteiger partial charge in [-0.15, -0.1) is 0 Å². The van der Waals surface area contributed by atoms with Gasteiger partial charge in [0, 0.05) is 44.0 Å². The van der Waals surface area contributed by atoms with Crippen LogP contribution in [0.15, 0.2) is 24.3 Å². The van der Waals surface area contributed by atoms with Gasteiger partial charge in [0.2, 0.25) is 11.8 Å². The maximum Gasteiger partial charge on any atom is 0.227 e. The standard InChI is InChI=1S/C22H34N4O2/c1-3-24(4-2)13-7-12-23-22(28)18-16-21(27)26(17-18)20-10-8-19(9-11-20)25-14-5-6-15-25/h8-11,18H,3-7,12-17H2,1-2H3,(H,23,28). The molecule has 1 N–H and O–H groups in total. The highest BCUT2D eigenvalue weighted by Crippen LogP contribution is 2.28. The van der Waals surface area contributed by atoms with Crippen LogP contribution in [-0.2, 0) is 9.59 Å². The highest BCUT2D eigenvalue weighted by molar-refractivity contribution is 6.00. The second-order valence-corrected chi connectivity index (χ2v) is 7.79. The molecule has 2 saturated heterocycles. The molecule has 1 unspecified atom stereocenters. The smallest absolute Gasteiger partial charge is 0.227 e. The number of hydrogen-bond acceptors (Lipinski definition) is 4. The minimum absolute atomic E-state index is 0.00378. The molecule has 0 bridgehead atoms. The van der Waals surface area contributed by atoms with Gasteiger partial charge < -0.3 is 20.0 Å². The van der Waals surface area contributed by atoms with Gasteiger partial charge in [0.1, 0.15) is 0 Å². The van der Waals surface area contributed by atoms with Crippen LogP contribution in [-0.4, -0.2) is 62.5 Å². The van der Waals surface area contributed by atoms with Gasteiger partial charge >= 0.3 is 0 Å². The molecule has 28 heavy (non-hydrogen) atoms. The van der Waals surface area contributed by atoms with Crippen LogP contribution in [0.1, 0.15) is 39.5 Å². The molecule has 2 aliphatic heterocycles. The lowest BCUT2D eigenvalue weighted by atomic mass is 10.1. The van der Waals surface area contributed by atoms with Crippen LogP contribution in [0.3, 0.4) is 0 Å². The average molecular weight is 387 g/mol. The summed E-state index contributed by atoms with van der Waals surface area (Å²) < 4.78 is 0. The van der Waals surface area contributed by atoms with Gasteiger partial charge in [-0.25, -0.2) is 0 Å². The molecule has 0 radical (unpaired) electrons. The predicted octanol–water partition coefficient (Wildman–Crippen LogP) is 2.49. The van der Waals surface area contributed by atoms with E-state index in [0.717, 1.165) is 44.8 Å². The SMILES string of the molecule is CCN(CC)CCCNC(=O)C1CC(=O)N(c2ccc(N3CCCC3)cc2)C1. The summed E-state index contributed by atoms with van der Waals surface area (Å²) in [6.45, 7) is 10.7. The first kappa shape index (κ1) is 20.6. The van der Waals surface area contributed by atoms with E-state index < -0.39 is 0 Å². The lowest BCUT2D eigenvalue weighted by Gasteiger charge is -2.21. The number of nitrogens with zero attached hydrogens (tertiary/aromatic N) is 3. The van der Waals surface area contributed by atoms with E-state index in [-0.39, 0.29) is 17.7 Å². The predicted molar refractivity (Wildman–Crippen MR) is 114 cm³/mol. The number of nitrogens with one attached hydrogen (secondary N) is 1. The van der Waals surface area contributed by atoms with Gasteiger partial charge in [0.05, 0.1) is 5.92 Å². The molecule has 1 aromatic rings. The zero-order valence-corrected chi connectivity index (χ0v) is 17.3. The third-order valence-corrected chi connectivity index (χ3v) is 5.97. The molecule has 2 amide bonds. The van der Waals surface area contributed by atoms with E-state index in [9.17, 15) is 9.59 Å². The molecule has 2 heterocycles. The molecule has 0 aliphatic carbocycles. The minimum Gasteiger partial charge on any atom is -0.372 e. The van der Waals surface area contributed by atoms with E-state index in [2.05, 4.69) is 41.1 Å². The molecule has 0 aromatic heterocycles. The quantitative estimate of drug-likeness (QED) is 0.663. The molecule has 1 aromatic carbocycles. The van der Waals surface area contributed by atoms with Crippen molar-refractivity contribution in [2.45, 2.75) is 39.5 Å². The van der Waals surface area contributed by atoms with Crippen LogP contribution in [0.2, 0.25) is 0 Å². The topological polar surface area (TPSA) is 55.9 Å². The van der Waals surface area contributed by atoms with Crippen molar-refractivity contribution in [3.8, 4) is 0 Å². The fourth-order valence-electron chi connectivity index (χ4n) is 4.15. The molecule has 6 heteroatoms. The van der Waals surface area contributed by atoms with Crippen LogP contribution in [0.4, 0.5) is 11.4 Å². The molecule has 154 valence electrons. The number of amides is 2. The van der Waals surface area contributed by atoms with Crippen molar-refractivity contribution in [2.24, 2.45) is 5.92 Å². The lowest BCUT2D eigenvalue weighted by molar-refractivity contribution is -0.126. The van der Waals surface area contributed by atoms with Crippen molar-refractivity contribution in [2.75, 3.05) is 55.6 Å². The largest absolute Gasteiger partial charge is 0.372 e. The Bertz CT molecular complexity index is 651. The summed E-state index contributed by atoms with van der Waals surface area (Å²) in [7, 11) is 0. The Morgan fingerprint density at radius 2 is 1.75 bits per heavy atom. The summed E-state index contributed by atoms with van der Waals surface area (Å²) in [5, 5.41) is 3.02. The summed E-state index contributed by atoms with van der Waals surface area (Å²) >= 11 is 0. The fraction of sp³-hybridized carbons (Fsp3) is 0.636. The minimum atomic E-state index is -0.251. The highest BCUT2D eigenvalue weighted by Gasteiger charge is 2.35. The second kappa shape index (κ2) is 9.92. The molecule has 0 saturated carbocycles. The monoisotopic (exact) mass is 386 g/mol. The molecule has 6 nitrogen and oxygen atoms in total. The number of carbonyl (C=O) groups excluding carboxylic acids is 2. The molecule has 2 fully saturated rings. The number of hydrogen-bond donors (Lipinski definition) is 1. The van der Waals surface area contributed by atoms with E-state index >= 15 is 0 Å². The average Bonchev–Trinajstić information content (AvgIpc) is 3.38. The molecule has 0 spiro atoms. The van der Waals surface area contributed by atoms with E-state index in [0.29, 0.717) is 19.5 Å². The Morgan fingerprint density at radius 3 is 2.39 bits per heavy atom. The summed E-state index contributed by atoms with van der Waals surface area (Å²) in [6, 6.07) is 8.20. The normalized spacial score (nSPS) is 19.7. The van der Waals surface area contributed by atoms with Crippen molar-refractivity contribution in [1.82, 2.24) is 10.2 Å². The zero-order chi connectivity index (χ0) is 19.9. The Balaban J connectivity index is 1.48. The van der Waals surface area contributed by atoms with Crippen LogP contribution >= 0.6 is 0 Å².